The standard InChI is InChI=1S/C24H31N7O2.HI/c1-2-27-24(29-14-8-15-32-18-20-11-7-16-33-20)28-13-6-12-22-21(17-25)23(26)31(30-22)19-9-4-3-5-10-19;/h3-5,7,9-11,16H,2,6,8,12-15,18,26H2,1H3,(H2,27,28,29);1H. The molecule has 3 aromatic rings. The largest absolute Gasteiger partial charge is 0.467 e. The summed E-state index contributed by atoms with van der Waals surface area (Å²) >= 11 is 0. The minimum absolute atomic E-state index is 0. The molecule has 4 N–H and O–H groups in total. The molecule has 10 heteroatoms. The number of guanidine groups is 1. The average Bonchev–Trinajstić information content (AvgIpc) is 3.46. The van der Waals surface area contributed by atoms with Crippen LogP contribution in [0.5, 0.6) is 0 Å². The van der Waals surface area contributed by atoms with E-state index in [-0.39, 0.29) is 24.0 Å². The lowest BCUT2D eigenvalue weighted by Gasteiger charge is -2.11. The number of hydrogen-bond donors (Lipinski definition) is 3. The number of anilines is 1. The van der Waals surface area contributed by atoms with Gasteiger partial charge in [0.05, 0.1) is 17.6 Å². The maximum atomic E-state index is 9.54. The van der Waals surface area contributed by atoms with Crippen LogP contribution < -0.4 is 16.4 Å². The van der Waals surface area contributed by atoms with Crippen molar-refractivity contribution in [3.05, 3.63) is 65.7 Å². The molecule has 0 bridgehead atoms. The Bertz CT molecular complexity index is 1040. The number of nitrogens with one attached hydrogen (secondary N) is 2. The van der Waals surface area contributed by atoms with Gasteiger partial charge >= 0.3 is 0 Å². The number of aliphatic imine (C=N–C) groups is 1. The van der Waals surface area contributed by atoms with E-state index < -0.39 is 0 Å². The summed E-state index contributed by atoms with van der Waals surface area (Å²) in [7, 11) is 0. The Hall–Kier alpha value is -3.04. The molecule has 0 aliphatic heterocycles. The molecule has 9 nitrogen and oxygen atoms in total. The van der Waals surface area contributed by atoms with Gasteiger partial charge in [0.25, 0.3) is 0 Å². The smallest absolute Gasteiger partial charge is 0.191 e. The van der Waals surface area contributed by atoms with Crippen molar-refractivity contribution in [1.29, 1.82) is 5.26 Å². The number of aromatic nitrogens is 2. The molecule has 34 heavy (non-hydrogen) atoms. The van der Waals surface area contributed by atoms with Crippen molar-refractivity contribution in [2.24, 2.45) is 4.99 Å². The molecule has 3 rings (SSSR count). The first-order valence-corrected chi connectivity index (χ1v) is 11.2. The van der Waals surface area contributed by atoms with Crippen molar-refractivity contribution in [3.63, 3.8) is 0 Å². The molecule has 0 saturated carbocycles. The summed E-state index contributed by atoms with van der Waals surface area (Å²) in [6.45, 7) is 5.28. The van der Waals surface area contributed by atoms with Gasteiger partial charge in [-0.15, -0.1) is 24.0 Å². The second-order valence-corrected chi connectivity index (χ2v) is 7.34. The van der Waals surface area contributed by atoms with Crippen LogP contribution in [0.15, 0.2) is 58.1 Å². The Kier molecular flexibility index (Phi) is 12.0. The highest BCUT2D eigenvalue weighted by atomic mass is 127. The van der Waals surface area contributed by atoms with Crippen molar-refractivity contribution in [3.8, 4) is 11.8 Å². The Morgan fingerprint density at radius 1 is 1.21 bits per heavy atom. The molecule has 0 aliphatic carbocycles. The third-order valence-corrected chi connectivity index (χ3v) is 4.87. The second kappa shape index (κ2) is 15.0. The van der Waals surface area contributed by atoms with Crippen molar-refractivity contribution in [2.45, 2.75) is 32.8 Å². The van der Waals surface area contributed by atoms with Gasteiger partial charge in [-0.05, 0) is 50.5 Å². The van der Waals surface area contributed by atoms with Gasteiger partial charge < -0.3 is 25.5 Å². The molecule has 0 aliphatic rings. The van der Waals surface area contributed by atoms with E-state index in [0.29, 0.717) is 43.3 Å². The van der Waals surface area contributed by atoms with E-state index in [1.165, 1.54) is 0 Å². The van der Waals surface area contributed by atoms with E-state index in [1.54, 1.807) is 10.9 Å². The molecule has 0 atom stereocenters. The minimum Gasteiger partial charge on any atom is -0.467 e. The van der Waals surface area contributed by atoms with Crippen LogP contribution in [0.2, 0.25) is 0 Å². The van der Waals surface area contributed by atoms with Gasteiger partial charge in [-0.25, -0.2) is 4.68 Å². The summed E-state index contributed by atoms with van der Waals surface area (Å²) in [5.41, 5.74) is 8.13. The normalized spacial score (nSPS) is 11.0. The number of nitrogens with zero attached hydrogens (tertiary/aromatic N) is 4. The Balaban J connectivity index is 0.00000408. The van der Waals surface area contributed by atoms with E-state index >= 15 is 0 Å². The Labute approximate surface area is 217 Å². The maximum Gasteiger partial charge on any atom is 0.191 e. The predicted octanol–water partition coefficient (Wildman–Crippen LogP) is 3.63. The van der Waals surface area contributed by atoms with Crippen LogP contribution in [0, 0.1) is 11.3 Å². The van der Waals surface area contributed by atoms with Crippen LogP contribution in [0.1, 0.15) is 36.8 Å². The van der Waals surface area contributed by atoms with Crippen LogP contribution in [0.25, 0.3) is 5.69 Å². The Morgan fingerprint density at radius 2 is 2.03 bits per heavy atom. The molecule has 182 valence electrons. The lowest BCUT2D eigenvalue weighted by Crippen LogP contribution is -2.38. The van der Waals surface area contributed by atoms with Crippen molar-refractivity contribution >= 4 is 35.8 Å². The molecule has 2 heterocycles. The van der Waals surface area contributed by atoms with Crippen LogP contribution in [0.3, 0.4) is 0 Å². The fraction of sp³-hybridized carbons (Fsp3) is 0.375. The third kappa shape index (κ3) is 8.07. The first-order chi connectivity index (χ1) is 16.2. The van der Waals surface area contributed by atoms with E-state index in [1.807, 2.05) is 49.4 Å². The van der Waals surface area contributed by atoms with Gasteiger partial charge in [-0.2, -0.15) is 10.4 Å². The van der Waals surface area contributed by atoms with Crippen molar-refractivity contribution in [1.82, 2.24) is 20.4 Å². The lowest BCUT2D eigenvalue weighted by atomic mass is 10.1. The fourth-order valence-electron chi connectivity index (χ4n) is 3.27. The van der Waals surface area contributed by atoms with Gasteiger partial charge in [0.15, 0.2) is 5.96 Å². The van der Waals surface area contributed by atoms with Crippen molar-refractivity contribution in [2.75, 3.05) is 32.0 Å². The van der Waals surface area contributed by atoms with Crippen molar-refractivity contribution < 1.29 is 9.15 Å². The molecule has 0 unspecified atom stereocenters. The summed E-state index contributed by atoms with van der Waals surface area (Å²) in [6.07, 6.45) is 3.87. The first kappa shape index (κ1) is 27.2. The summed E-state index contributed by atoms with van der Waals surface area (Å²) in [4.78, 5) is 4.62. The van der Waals surface area contributed by atoms with Crippen LogP contribution in [0.4, 0.5) is 5.82 Å². The summed E-state index contributed by atoms with van der Waals surface area (Å²) in [6, 6.07) is 15.5. The quantitative estimate of drug-likeness (QED) is 0.130. The minimum atomic E-state index is 0. The maximum absolute atomic E-state index is 9.54. The molecule has 0 fully saturated rings. The average molecular weight is 577 g/mol. The summed E-state index contributed by atoms with van der Waals surface area (Å²) < 4.78 is 12.5. The zero-order valence-corrected chi connectivity index (χ0v) is 21.7. The number of rotatable bonds is 12. The second-order valence-electron chi connectivity index (χ2n) is 7.34. The van der Waals surface area contributed by atoms with Gasteiger partial charge in [-0.3, -0.25) is 4.99 Å². The van der Waals surface area contributed by atoms with E-state index in [0.717, 1.165) is 43.3 Å². The van der Waals surface area contributed by atoms with Crippen LogP contribution >= 0.6 is 24.0 Å². The summed E-state index contributed by atoms with van der Waals surface area (Å²) in [5, 5.41) is 20.7. The highest BCUT2D eigenvalue weighted by Crippen LogP contribution is 2.21. The molecule has 0 spiro atoms. The topological polar surface area (TPSA) is 126 Å². The highest BCUT2D eigenvalue weighted by Gasteiger charge is 2.16. The molecule has 1 aromatic carbocycles. The number of halogens is 1. The van der Waals surface area contributed by atoms with E-state index in [9.17, 15) is 5.26 Å². The number of nitrogens with two attached hydrogens (primary N) is 1. The summed E-state index contributed by atoms with van der Waals surface area (Å²) in [5.74, 6) is 1.96. The SMILES string of the molecule is CCNC(=NCCCc1nn(-c2ccccc2)c(N)c1C#N)NCCCOCc1ccco1.I. The number of aryl methyl sites for hydroxylation is 1. The molecule has 0 radical (unpaired) electrons. The number of ether oxygens (including phenoxy) is 1. The van der Waals surface area contributed by atoms with Gasteiger partial charge in [0, 0.05) is 26.2 Å². The zero-order chi connectivity index (χ0) is 23.3. The number of para-hydroxylation sites is 1. The third-order valence-electron chi connectivity index (χ3n) is 4.87. The zero-order valence-electron chi connectivity index (χ0n) is 19.4. The number of benzene rings is 1. The van der Waals surface area contributed by atoms with E-state index in [2.05, 4.69) is 26.8 Å². The lowest BCUT2D eigenvalue weighted by molar-refractivity contribution is 0.105. The predicted molar refractivity (Wildman–Crippen MR) is 143 cm³/mol. The van der Waals surface area contributed by atoms with Crippen LogP contribution in [-0.4, -0.2) is 42.0 Å². The molecular weight excluding hydrogens is 545 g/mol. The molecule has 2 aromatic heterocycles. The number of nitriles is 1. The first-order valence-electron chi connectivity index (χ1n) is 11.2. The Morgan fingerprint density at radius 3 is 2.74 bits per heavy atom. The number of furan rings is 1. The van der Waals surface area contributed by atoms with Gasteiger partial charge in [-0.1, -0.05) is 18.2 Å². The van der Waals surface area contributed by atoms with Gasteiger partial charge in [0.1, 0.15) is 29.8 Å². The molecular formula is C24H32IN7O2. The molecule has 0 saturated heterocycles. The fourth-order valence-corrected chi connectivity index (χ4v) is 3.27. The number of nitrogen functional groups attached to an aromatic ring is 1. The molecule has 0 amide bonds. The highest BCUT2D eigenvalue weighted by molar-refractivity contribution is 14.0. The number of hydrogen-bond acceptors (Lipinski definition) is 6. The monoisotopic (exact) mass is 577 g/mol. The van der Waals surface area contributed by atoms with Gasteiger partial charge in [0.2, 0.25) is 0 Å². The van der Waals surface area contributed by atoms with Crippen LogP contribution in [-0.2, 0) is 17.8 Å². The van der Waals surface area contributed by atoms with E-state index in [4.69, 9.17) is 14.9 Å².